The molecule has 0 atom stereocenters. The maximum absolute atomic E-state index is 12.7. The van der Waals surface area contributed by atoms with Crippen molar-refractivity contribution in [2.75, 3.05) is 19.7 Å². The Hall–Kier alpha value is -1.78. The van der Waals surface area contributed by atoms with Crippen molar-refractivity contribution >= 4 is 5.96 Å². The van der Waals surface area contributed by atoms with Gasteiger partial charge in [0.05, 0.1) is 6.61 Å². The number of rotatable bonds is 8. The van der Waals surface area contributed by atoms with Gasteiger partial charge in [-0.2, -0.15) is 0 Å². The van der Waals surface area contributed by atoms with Crippen LogP contribution in [0.2, 0.25) is 0 Å². The van der Waals surface area contributed by atoms with E-state index in [1.165, 1.54) is 12.1 Å². The van der Waals surface area contributed by atoms with Gasteiger partial charge in [0, 0.05) is 19.5 Å². The molecule has 0 unspecified atom stereocenters. The van der Waals surface area contributed by atoms with Gasteiger partial charge in [0.15, 0.2) is 5.96 Å². The van der Waals surface area contributed by atoms with Gasteiger partial charge in [-0.25, -0.2) is 4.39 Å². The number of nitrogens with one attached hydrogen (secondary N) is 1. The van der Waals surface area contributed by atoms with Crippen LogP contribution in [0.3, 0.4) is 0 Å². The quantitative estimate of drug-likeness (QED) is 0.431. The Balaban J connectivity index is 2.10. The van der Waals surface area contributed by atoms with Crippen LogP contribution < -0.4 is 15.8 Å². The molecule has 0 aliphatic heterocycles. The zero-order valence-electron chi connectivity index (χ0n) is 11.4. The standard InChI is InChI=1S/C14H22FN3O/c1-2-3-9-17-14(16)18-10-4-11-19-13-7-5-12(15)6-8-13/h5-8H,2-4,9-11H2,1H3,(H3,16,17,18). The molecule has 0 amide bonds. The highest BCUT2D eigenvalue weighted by Crippen LogP contribution is 2.10. The maximum Gasteiger partial charge on any atom is 0.188 e. The van der Waals surface area contributed by atoms with Crippen LogP contribution in [0.5, 0.6) is 5.75 Å². The van der Waals surface area contributed by atoms with E-state index in [4.69, 9.17) is 10.5 Å². The van der Waals surface area contributed by atoms with E-state index < -0.39 is 0 Å². The average molecular weight is 267 g/mol. The van der Waals surface area contributed by atoms with Gasteiger partial charge in [0.2, 0.25) is 0 Å². The number of unbranched alkanes of at least 4 members (excludes halogenated alkanes) is 1. The monoisotopic (exact) mass is 267 g/mol. The number of nitrogens with zero attached hydrogens (tertiary/aromatic N) is 1. The van der Waals surface area contributed by atoms with E-state index in [0.29, 0.717) is 24.9 Å². The van der Waals surface area contributed by atoms with Gasteiger partial charge in [-0.1, -0.05) is 13.3 Å². The van der Waals surface area contributed by atoms with Crippen LogP contribution in [-0.2, 0) is 0 Å². The minimum absolute atomic E-state index is 0.261. The molecule has 106 valence electrons. The molecular formula is C14H22FN3O. The summed E-state index contributed by atoms with van der Waals surface area (Å²) in [6, 6.07) is 5.98. The summed E-state index contributed by atoms with van der Waals surface area (Å²) in [4.78, 5) is 4.18. The number of guanidine groups is 1. The number of halogens is 1. The summed E-state index contributed by atoms with van der Waals surface area (Å²) in [7, 11) is 0. The number of benzene rings is 1. The van der Waals surface area contributed by atoms with E-state index in [1.54, 1.807) is 12.1 Å². The van der Waals surface area contributed by atoms with E-state index in [1.807, 2.05) is 0 Å². The Bertz CT molecular complexity index is 379. The molecule has 0 fully saturated rings. The van der Waals surface area contributed by atoms with Crippen LogP contribution in [0.25, 0.3) is 0 Å². The molecular weight excluding hydrogens is 245 g/mol. The van der Waals surface area contributed by atoms with Crippen LogP contribution in [0.1, 0.15) is 26.2 Å². The molecule has 0 aromatic heterocycles. The minimum atomic E-state index is -0.261. The highest BCUT2D eigenvalue weighted by molar-refractivity contribution is 5.77. The summed E-state index contributed by atoms with van der Waals surface area (Å²) < 4.78 is 18.1. The Morgan fingerprint density at radius 1 is 1.32 bits per heavy atom. The summed E-state index contributed by atoms with van der Waals surface area (Å²) in [6.45, 7) is 4.14. The van der Waals surface area contributed by atoms with Crippen LogP contribution in [0.15, 0.2) is 29.3 Å². The third-order valence-electron chi connectivity index (χ3n) is 2.50. The minimum Gasteiger partial charge on any atom is -0.494 e. The summed E-state index contributed by atoms with van der Waals surface area (Å²) in [6.07, 6.45) is 2.99. The van der Waals surface area contributed by atoms with E-state index in [0.717, 1.165) is 25.8 Å². The summed E-state index contributed by atoms with van der Waals surface area (Å²) in [5.74, 6) is 0.887. The zero-order chi connectivity index (χ0) is 13.9. The number of nitrogens with two attached hydrogens (primary N) is 1. The number of ether oxygens (including phenoxy) is 1. The van der Waals surface area contributed by atoms with Crippen molar-refractivity contribution in [2.45, 2.75) is 26.2 Å². The first-order valence-electron chi connectivity index (χ1n) is 6.64. The lowest BCUT2D eigenvalue weighted by atomic mass is 10.3. The van der Waals surface area contributed by atoms with Gasteiger partial charge >= 0.3 is 0 Å². The fraction of sp³-hybridized carbons (Fsp3) is 0.500. The van der Waals surface area contributed by atoms with Gasteiger partial charge < -0.3 is 15.8 Å². The fourth-order valence-corrected chi connectivity index (χ4v) is 1.43. The summed E-state index contributed by atoms with van der Waals surface area (Å²) in [5.41, 5.74) is 5.68. The lowest BCUT2D eigenvalue weighted by molar-refractivity contribution is 0.313. The predicted molar refractivity (Wildman–Crippen MR) is 75.9 cm³/mol. The van der Waals surface area contributed by atoms with Crippen molar-refractivity contribution in [3.63, 3.8) is 0 Å². The largest absolute Gasteiger partial charge is 0.494 e. The molecule has 3 N–H and O–H groups in total. The Morgan fingerprint density at radius 3 is 2.74 bits per heavy atom. The maximum atomic E-state index is 12.7. The first-order valence-corrected chi connectivity index (χ1v) is 6.64. The molecule has 1 rings (SSSR count). The number of hydrogen-bond donors (Lipinski definition) is 2. The van der Waals surface area contributed by atoms with Gasteiger partial charge in [-0.05, 0) is 30.7 Å². The van der Waals surface area contributed by atoms with E-state index >= 15 is 0 Å². The van der Waals surface area contributed by atoms with E-state index in [2.05, 4.69) is 17.2 Å². The second-order valence-corrected chi connectivity index (χ2v) is 4.20. The average Bonchev–Trinajstić information content (AvgIpc) is 2.41. The molecule has 0 saturated carbocycles. The van der Waals surface area contributed by atoms with Crippen LogP contribution in [0, 0.1) is 5.82 Å². The summed E-state index contributed by atoms with van der Waals surface area (Å²) >= 11 is 0. The lowest BCUT2D eigenvalue weighted by Crippen LogP contribution is -2.32. The Kier molecular flexibility index (Phi) is 7.39. The highest BCUT2D eigenvalue weighted by atomic mass is 19.1. The van der Waals surface area contributed by atoms with E-state index in [9.17, 15) is 4.39 Å². The predicted octanol–water partition coefficient (Wildman–Crippen LogP) is 2.30. The molecule has 1 aromatic rings. The van der Waals surface area contributed by atoms with Crippen molar-refractivity contribution in [3.8, 4) is 5.75 Å². The molecule has 1 aromatic carbocycles. The second kappa shape index (κ2) is 9.19. The molecule has 19 heavy (non-hydrogen) atoms. The van der Waals surface area contributed by atoms with E-state index in [-0.39, 0.29) is 5.82 Å². The topological polar surface area (TPSA) is 59.6 Å². The second-order valence-electron chi connectivity index (χ2n) is 4.20. The Morgan fingerprint density at radius 2 is 2.05 bits per heavy atom. The van der Waals surface area contributed by atoms with Crippen LogP contribution in [0.4, 0.5) is 4.39 Å². The molecule has 0 saturated heterocycles. The van der Waals surface area contributed by atoms with Gasteiger partial charge in [0.1, 0.15) is 11.6 Å². The molecule has 0 radical (unpaired) electrons. The Labute approximate surface area is 113 Å². The molecule has 0 heterocycles. The van der Waals surface area contributed by atoms with Gasteiger partial charge in [-0.15, -0.1) is 0 Å². The normalized spacial score (nSPS) is 11.4. The van der Waals surface area contributed by atoms with Gasteiger partial charge in [0.25, 0.3) is 0 Å². The molecule has 4 nitrogen and oxygen atoms in total. The molecule has 0 bridgehead atoms. The van der Waals surface area contributed by atoms with Crippen molar-refractivity contribution in [2.24, 2.45) is 10.7 Å². The third kappa shape index (κ3) is 7.28. The lowest BCUT2D eigenvalue weighted by Gasteiger charge is -2.06. The van der Waals surface area contributed by atoms with Crippen molar-refractivity contribution in [1.82, 2.24) is 5.32 Å². The zero-order valence-corrected chi connectivity index (χ0v) is 11.4. The molecule has 0 aliphatic carbocycles. The van der Waals surface area contributed by atoms with Crippen LogP contribution in [-0.4, -0.2) is 25.7 Å². The first kappa shape index (κ1) is 15.3. The fourth-order valence-electron chi connectivity index (χ4n) is 1.43. The SMILES string of the molecule is CCCCNC(N)=NCCCOc1ccc(F)cc1. The van der Waals surface area contributed by atoms with Crippen molar-refractivity contribution in [3.05, 3.63) is 30.1 Å². The molecule has 0 aliphatic rings. The highest BCUT2D eigenvalue weighted by Gasteiger charge is 1.95. The van der Waals surface area contributed by atoms with Crippen LogP contribution >= 0.6 is 0 Å². The molecule has 5 heteroatoms. The smallest absolute Gasteiger partial charge is 0.188 e. The summed E-state index contributed by atoms with van der Waals surface area (Å²) in [5, 5.41) is 3.04. The third-order valence-corrected chi connectivity index (χ3v) is 2.50. The number of aliphatic imine (C=N–C) groups is 1. The van der Waals surface area contributed by atoms with Gasteiger partial charge in [-0.3, -0.25) is 4.99 Å². The molecule has 0 spiro atoms. The van der Waals surface area contributed by atoms with Crippen molar-refractivity contribution < 1.29 is 9.13 Å². The van der Waals surface area contributed by atoms with Crippen molar-refractivity contribution in [1.29, 1.82) is 0 Å². The first-order chi connectivity index (χ1) is 9.22. The number of hydrogen-bond acceptors (Lipinski definition) is 2.